The molecule has 1 saturated carbocycles. The molecule has 1 atom stereocenters. The molecular weight excluding hydrogens is 232 g/mol. The van der Waals surface area contributed by atoms with Gasteiger partial charge in [0, 0.05) is 6.04 Å². The summed E-state index contributed by atoms with van der Waals surface area (Å²) in [5.41, 5.74) is 0. The molecule has 1 heterocycles. The van der Waals surface area contributed by atoms with Gasteiger partial charge in [0.25, 0.3) is 5.91 Å². The molecule has 1 aromatic rings. The lowest BCUT2D eigenvalue weighted by Crippen LogP contribution is -2.47. The van der Waals surface area contributed by atoms with Crippen LogP contribution < -0.4 is 10.6 Å². The van der Waals surface area contributed by atoms with Crippen LogP contribution >= 0.6 is 0 Å². The third-order valence-corrected chi connectivity index (χ3v) is 3.19. The van der Waals surface area contributed by atoms with E-state index in [9.17, 15) is 9.59 Å². The van der Waals surface area contributed by atoms with Crippen molar-refractivity contribution in [2.24, 2.45) is 0 Å². The van der Waals surface area contributed by atoms with E-state index in [2.05, 4.69) is 10.6 Å². The summed E-state index contributed by atoms with van der Waals surface area (Å²) in [4.78, 5) is 23.5. The fourth-order valence-electron chi connectivity index (χ4n) is 2.14. The number of hydrogen-bond donors (Lipinski definition) is 2. The summed E-state index contributed by atoms with van der Waals surface area (Å²) in [6.07, 6.45) is 5.82. The molecule has 0 aromatic carbocycles. The first kappa shape index (κ1) is 12.7. The van der Waals surface area contributed by atoms with Crippen molar-refractivity contribution < 1.29 is 14.0 Å². The number of rotatable bonds is 4. The zero-order chi connectivity index (χ0) is 13.0. The second-order valence-corrected chi connectivity index (χ2v) is 4.66. The van der Waals surface area contributed by atoms with Gasteiger partial charge in [-0.05, 0) is 31.9 Å². The van der Waals surface area contributed by atoms with Crippen LogP contribution in [-0.4, -0.2) is 23.9 Å². The van der Waals surface area contributed by atoms with E-state index in [4.69, 9.17) is 4.42 Å². The van der Waals surface area contributed by atoms with E-state index in [-0.39, 0.29) is 23.6 Å². The Hall–Kier alpha value is -1.78. The summed E-state index contributed by atoms with van der Waals surface area (Å²) < 4.78 is 4.97. The average Bonchev–Trinajstić information content (AvgIpc) is 3.01. The molecule has 0 bridgehead atoms. The summed E-state index contributed by atoms with van der Waals surface area (Å²) in [6, 6.07) is 2.92. The number of furan rings is 1. The molecule has 0 spiro atoms. The summed E-state index contributed by atoms with van der Waals surface area (Å²) in [7, 11) is 0. The molecule has 98 valence electrons. The topological polar surface area (TPSA) is 71.3 Å². The summed E-state index contributed by atoms with van der Waals surface area (Å²) in [6.45, 7) is 1.67. The van der Waals surface area contributed by atoms with Gasteiger partial charge in [-0.2, -0.15) is 0 Å². The van der Waals surface area contributed by atoms with Gasteiger partial charge in [0.2, 0.25) is 5.91 Å². The zero-order valence-electron chi connectivity index (χ0n) is 10.4. The molecule has 2 rings (SSSR count). The van der Waals surface area contributed by atoms with Crippen molar-refractivity contribution in [3.05, 3.63) is 24.2 Å². The van der Waals surface area contributed by atoms with Gasteiger partial charge in [-0.15, -0.1) is 0 Å². The molecule has 0 radical (unpaired) electrons. The molecule has 2 amide bonds. The molecule has 1 aliphatic carbocycles. The van der Waals surface area contributed by atoms with Crippen molar-refractivity contribution in [1.82, 2.24) is 10.6 Å². The first-order valence-corrected chi connectivity index (χ1v) is 6.31. The van der Waals surface area contributed by atoms with Crippen molar-refractivity contribution in [2.75, 3.05) is 0 Å². The van der Waals surface area contributed by atoms with Crippen LogP contribution in [0, 0.1) is 0 Å². The van der Waals surface area contributed by atoms with Gasteiger partial charge >= 0.3 is 0 Å². The molecule has 1 fully saturated rings. The smallest absolute Gasteiger partial charge is 0.287 e. The molecular formula is C13H18N2O3. The van der Waals surface area contributed by atoms with E-state index in [0.29, 0.717) is 0 Å². The maximum Gasteiger partial charge on any atom is 0.287 e. The quantitative estimate of drug-likeness (QED) is 0.849. The molecule has 1 aliphatic rings. The lowest BCUT2D eigenvalue weighted by Gasteiger charge is -2.17. The average molecular weight is 250 g/mol. The van der Waals surface area contributed by atoms with E-state index >= 15 is 0 Å². The minimum atomic E-state index is -0.553. The van der Waals surface area contributed by atoms with Gasteiger partial charge in [0.15, 0.2) is 5.76 Å². The van der Waals surface area contributed by atoms with Gasteiger partial charge in [0.05, 0.1) is 6.26 Å². The Bertz CT molecular complexity index is 408. The molecule has 0 saturated heterocycles. The highest BCUT2D eigenvalue weighted by Gasteiger charge is 2.22. The maximum atomic E-state index is 11.8. The Balaban J connectivity index is 1.81. The highest BCUT2D eigenvalue weighted by atomic mass is 16.3. The van der Waals surface area contributed by atoms with E-state index in [1.807, 2.05) is 0 Å². The fraction of sp³-hybridized carbons (Fsp3) is 0.538. The van der Waals surface area contributed by atoms with Gasteiger partial charge < -0.3 is 15.1 Å². The van der Waals surface area contributed by atoms with Crippen LogP contribution in [0.15, 0.2) is 22.8 Å². The van der Waals surface area contributed by atoms with E-state index in [0.717, 1.165) is 25.7 Å². The summed E-state index contributed by atoms with van der Waals surface area (Å²) in [5.74, 6) is -0.286. The number of nitrogens with one attached hydrogen (secondary N) is 2. The molecule has 0 aliphatic heterocycles. The van der Waals surface area contributed by atoms with Crippen molar-refractivity contribution in [2.45, 2.75) is 44.7 Å². The number of carbonyl (C=O) groups is 2. The Labute approximate surface area is 106 Å². The number of amides is 2. The third kappa shape index (κ3) is 3.12. The van der Waals surface area contributed by atoms with Crippen molar-refractivity contribution in [3.63, 3.8) is 0 Å². The van der Waals surface area contributed by atoms with Crippen LogP contribution in [0.3, 0.4) is 0 Å². The lowest BCUT2D eigenvalue weighted by molar-refractivity contribution is -0.123. The molecule has 5 nitrogen and oxygen atoms in total. The van der Waals surface area contributed by atoms with Gasteiger partial charge in [-0.3, -0.25) is 9.59 Å². The van der Waals surface area contributed by atoms with Gasteiger partial charge in [0.1, 0.15) is 6.04 Å². The minimum Gasteiger partial charge on any atom is -0.459 e. The van der Waals surface area contributed by atoms with Crippen LogP contribution in [0.4, 0.5) is 0 Å². The van der Waals surface area contributed by atoms with E-state index in [1.165, 1.54) is 6.26 Å². The predicted octanol–water partition coefficient (Wildman–Crippen LogP) is 1.46. The van der Waals surface area contributed by atoms with Gasteiger partial charge in [-0.25, -0.2) is 0 Å². The highest BCUT2D eigenvalue weighted by molar-refractivity contribution is 5.95. The Morgan fingerprint density at radius 3 is 2.72 bits per heavy atom. The molecule has 18 heavy (non-hydrogen) atoms. The third-order valence-electron chi connectivity index (χ3n) is 3.19. The van der Waals surface area contributed by atoms with Crippen molar-refractivity contribution in [3.8, 4) is 0 Å². The van der Waals surface area contributed by atoms with Crippen molar-refractivity contribution in [1.29, 1.82) is 0 Å². The molecule has 0 unspecified atom stereocenters. The SMILES string of the molecule is C[C@H](NC(=O)c1ccco1)C(=O)NC1CCCC1. The minimum absolute atomic E-state index is 0.137. The zero-order valence-corrected chi connectivity index (χ0v) is 10.4. The van der Waals surface area contributed by atoms with Crippen LogP contribution in [0.2, 0.25) is 0 Å². The Kier molecular flexibility index (Phi) is 4.02. The van der Waals surface area contributed by atoms with Gasteiger partial charge in [-0.1, -0.05) is 12.8 Å². The normalized spacial score (nSPS) is 17.4. The second-order valence-electron chi connectivity index (χ2n) is 4.66. The Morgan fingerprint density at radius 2 is 2.11 bits per heavy atom. The lowest BCUT2D eigenvalue weighted by atomic mass is 10.2. The molecule has 5 heteroatoms. The van der Waals surface area contributed by atoms with Crippen LogP contribution in [0.1, 0.15) is 43.2 Å². The highest BCUT2D eigenvalue weighted by Crippen LogP contribution is 2.17. The number of hydrogen-bond acceptors (Lipinski definition) is 3. The van der Waals surface area contributed by atoms with Crippen LogP contribution in [-0.2, 0) is 4.79 Å². The van der Waals surface area contributed by atoms with Crippen LogP contribution in [0.5, 0.6) is 0 Å². The standard InChI is InChI=1S/C13H18N2O3/c1-9(12(16)15-10-5-2-3-6-10)14-13(17)11-7-4-8-18-11/h4,7-10H,2-3,5-6H2,1H3,(H,14,17)(H,15,16)/t9-/m0/s1. The Morgan fingerprint density at radius 1 is 1.39 bits per heavy atom. The molecule has 2 N–H and O–H groups in total. The van der Waals surface area contributed by atoms with E-state index < -0.39 is 6.04 Å². The second kappa shape index (κ2) is 5.71. The first-order valence-electron chi connectivity index (χ1n) is 6.31. The summed E-state index contributed by atoms with van der Waals surface area (Å²) >= 11 is 0. The molecule has 1 aromatic heterocycles. The van der Waals surface area contributed by atoms with Crippen molar-refractivity contribution >= 4 is 11.8 Å². The monoisotopic (exact) mass is 250 g/mol. The number of carbonyl (C=O) groups excluding carboxylic acids is 2. The maximum absolute atomic E-state index is 11.8. The largest absolute Gasteiger partial charge is 0.459 e. The van der Waals surface area contributed by atoms with Crippen LogP contribution in [0.25, 0.3) is 0 Å². The van der Waals surface area contributed by atoms with E-state index in [1.54, 1.807) is 19.1 Å². The first-order chi connectivity index (χ1) is 8.66. The summed E-state index contributed by atoms with van der Waals surface area (Å²) in [5, 5.41) is 5.56. The fourth-order valence-corrected chi connectivity index (χ4v) is 2.14. The predicted molar refractivity (Wildman–Crippen MR) is 66.0 cm³/mol.